The molecule has 2 aliphatic rings. The Bertz CT molecular complexity index is 1510. The van der Waals surface area contributed by atoms with Crippen molar-refractivity contribution in [2.24, 2.45) is 0 Å². The first-order valence-electron chi connectivity index (χ1n) is 10.9. The van der Waals surface area contributed by atoms with Gasteiger partial charge in [0.15, 0.2) is 0 Å². The SMILES string of the molecule is Fc1ccc2c(ccc3c(-c4[c-]c5c6c(c4)CCc4cccc(c4-6)CC5)nccc32)c1.[Ir]. The van der Waals surface area contributed by atoms with Crippen LogP contribution in [0, 0.1) is 11.9 Å². The zero-order chi connectivity index (χ0) is 20.5. The van der Waals surface area contributed by atoms with E-state index in [0.717, 1.165) is 58.5 Å². The average molecular weight is 593 g/mol. The second-order valence-corrected chi connectivity index (χ2v) is 8.70. The van der Waals surface area contributed by atoms with Crippen LogP contribution in [0.5, 0.6) is 0 Å². The second-order valence-electron chi connectivity index (χ2n) is 8.70. The fourth-order valence-electron chi connectivity index (χ4n) is 5.63. The van der Waals surface area contributed by atoms with Crippen LogP contribution in [-0.2, 0) is 45.8 Å². The number of halogens is 1. The van der Waals surface area contributed by atoms with Crippen molar-refractivity contribution in [1.82, 2.24) is 4.98 Å². The van der Waals surface area contributed by atoms with E-state index in [1.165, 1.54) is 39.4 Å². The van der Waals surface area contributed by atoms with Crippen LogP contribution >= 0.6 is 0 Å². The number of fused-ring (bicyclic) bond motifs is 3. The van der Waals surface area contributed by atoms with Crippen molar-refractivity contribution in [2.45, 2.75) is 25.7 Å². The van der Waals surface area contributed by atoms with Gasteiger partial charge in [-0.15, -0.1) is 28.8 Å². The molecule has 2 aliphatic carbocycles. The summed E-state index contributed by atoms with van der Waals surface area (Å²) >= 11 is 0. The molecule has 0 fully saturated rings. The first-order valence-corrected chi connectivity index (χ1v) is 10.9. The van der Waals surface area contributed by atoms with E-state index in [9.17, 15) is 4.39 Å². The number of nitrogens with zero attached hydrogens (tertiary/aromatic N) is 1. The van der Waals surface area contributed by atoms with E-state index < -0.39 is 0 Å². The van der Waals surface area contributed by atoms with Gasteiger partial charge in [-0.05, 0) is 82.2 Å². The smallest absolute Gasteiger partial charge is 0.123 e. The van der Waals surface area contributed by atoms with Gasteiger partial charge in [0.25, 0.3) is 0 Å². The van der Waals surface area contributed by atoms with E-state index in [1.54, 1.807) is 6.07 Å². The quantitative estimate of drug-likeness (QED) is 0.153. The van der Waals surface area contributed by atoms with E-state index in [2.05, 4.69) is 36.4 Å². The predicted octanol–water partition coefficient (Wildman–Crippen LogP) is 6.86. The normalized spacial score (nSPS) is 13.7. The van der Waals surface area contributed by atoms with Crippen molar-refractivity contribution >= 4 is 21.5 Å². The van der Waals surface area contributed by atoms with Crippen molar-refractivity contribution in [3.8, 4) is 22.4 Å². The van der Waals surface area contributed by atoms with Crippen LogP contribution in [0.4, 0.5) is 4.39 Å². The summed E-state index contributed by atoms with van der Waals surface area (Å²) in [5.41, 5.74) is 10.6. The average Bonchev–Trinajstić information content (AvgIpc) is 2.81. The van der Waals surface area contributed by atoms with Crippen molar-refractivity contribution in [2.75, 3.05) is 0 Å². The molecule has 0 unspecified atom stereocenters. The number of hydrogen-bond acceptors (Lipinski definition) is 1. The van der Waals surface area contributed by atoms with Gasteiger partial charge in [0.05, 0.1) is 0 Å². The third-order valence-electron chi connectivity index (χ3n) is 7.00. The summed E-state index contributed by atoms with van der Waals surface area (Å²) in [4.78, 5) is 4.78. The van der Waals surface area contributed by atoms with Crippen LogP contribution in [0.25, 0.3) is 43.9 Å². The maximum Gasteiger partial charge on any atom is 0.123 e. The fraction of sp³-hybridized carbons (Fsp3) is 0.138. The van der Waals surface area contributed by atoms with Crippen LogP contribution in [-0.4, -0.2) is 4.98 Å². The van der Waals surface area contributed by atoms with E-state index in [1.807, 2.05) is 24.4 Å². The molecular weight excluding hydrogens is 574 g/mol. The zero-order valence-corrected chi connectivity index (χ0v) is 19.7. The summed E-state index contributed by atoms with van der Waals surface area (Å²) in [7, 11) is 0. The molecule has 1 heterocycles. The topological polar surface area (TPSA) is 12.9 Å². The van der Waals surface area contributed by atoms with Crippen LogP contribution in [0.2, 0.25) is 0 Å². The minimum absolute atomic E-state index is 0. The molecule has 0 spiro atoms. The standard InChI is InChI=1S/C29H19FN.Ir/c30-23-9-11-24-19(16-23)8-10-26-25(24)12-13-31-29(26)22-14-20-6-4-17-2-1-3-18-5-7-21(15-22)28(20)27(17)18;/h1-3,8-14,16H,4-7H2;/q-1;. The summed E-state index contributed by atoms with van der Waals surface area (Å²) < 4.78 is 13.7. The van der Waals surface area contributed by atoms with Gasteiger partial charge in [-0.3, -0.25) is 0 Å². The molecule has 0 amide bonds. The van der Waals surface area contributed by atoms with Gasteiger partial charge in [0, 0.05) is 26.3 Å². The molecule has 0 N–H and O–H groups in total. The molecule has 1 radical (unpaired) electrons. The zero-order valence-electron chi connectivity index (χ0n) is 17.3. The summed E-state index contributed by atoms with van der Waals surface area (Å²) in [6.07, 6.45) is 6.13. The summed E-state index contributed by atoms with van der Waals surface area (Å²) in [6, 6.07) is 23.9. The van der Waals surface area contributed by atoms with E-state index in [-0.39, 0.29) is 25.9 Å². The van der Waals surface area contributed by atoms with E-state index >= 15 is 0 Å². The van der Waals surface area contributed by atoms with Crippen molar-refractivity contribution in [3.05, 3.63) is 101 Å². The number of aryl methyl sites for hydroxylation is 4. The molecule has 0 saturated heterocycles. The summed E-state index contributed by atoms with van der Waals surface area (Å²) in [5, 5.41) is 4.17. The molecule has 5 aromatic rings. The van der Waals surface area contributed by atoms with Gasteiger partial charge in [-0.2, -0.15) is 0 Å². The number of aromatic nitrogens is 1. The maximum atomic E-state index is 13.7. The molecule has 0 aliphatic heterocycles. The van der Waals surface area contributed by atoms with E-state index in [0.29, 0.717) is 0 Å². The van der Waals surface area contributed by atoms with Gasteiger partial charge in [-0.25, -0.2) is 4.39 Å². The second kappa shape index (κ2) is 7.33. The van der Waals surface area contributed by atoms with Crippen LogP contribution in [0.15, 0.2) is 66.9 Å². The molecule has 1 aromatic heterocycles. The van der Waals surface area contributed by atoms with Crippen molar-refractivity contribution in [1.29, 1.82) is 0 Å². The Hall–Kier alpha value is -2.87. The minimum Gasteiger partial charge on any atom is -0.304 e. The number of hydrogen-bond donors (Lipinski definition) is 0. The van der Waals surface area contributed by atoms with Gasteiger partial charge in [-0.1, -0.05) is 47.5 Å². The molecule has 32 heavy (non-hydrogen) atoms. The van der Waals surface area contributed by atoms with Gasteiger partial charge < -0.3 is 4.98 Å². The summed E-state index contributed by atoms with van der Waals surface area (Å²) in [6.45, 7) is 0. The Morgan fingerprint density at radius 2 is 1.50 bits per heavy atom. The Morgan fingerprint density at radius 3 is 2.38 bits per heavy atom. The molecule has 0 bridgehead atoms. The molecule has 0 atom stereocenters. The van der Waals surface area contributed by atoms with Crippen LogP contribution in [0.1, 0.15) is 22.3 Å². The minimum atomic E-state index is -0.206. The first kappa shape index (κ1) is 19.8. The predicted molar refractivity (Wildman–Crippen MR) is 124 cm³/mol. The molecule has 0 saturated carbocycles. The molecule has 7 rings (SSSR count). The van der Waals surface area contributed by atoms with Gasteiger partial charge in [0.1, 0.15) is 5.82 Å². The third-order valence-corrected chi connectivity index (χ3v) is 7.00. The summed E-state index contributed by atoms with van der Waals surface area (Å²) in [5.74, 6) is -0.206. The van der Waals surface area contributed by atoms with Gasteiger partial charge in [0.2, 0.25) is 0 Å². The van der Waals surface area contributed by atoms with Crippen LogP contribution < -0.4 is 0 Å². The Balaban J connectivity index is 0.00000196. The van der Waals surface area contributed by atoms with Crippen molar-refractivity contribution in [3.63, 3.8) is 0 Å². The van der Waals surface area contributed by atoms with Crippen molar-refractivity contribution < 1.29 is 24.5 Å². The van der Waals surface area contributed by atoms with Gasteiger partial charge >= 0.3 is 0 Å². The molecule has 1 nitrogen and oxygen atoms in total. The van der Waals surface area contributed by atoms with E-state index in [4.69, 9.17) is 4.98 Å². The number of rotatable bonds is 1. The monoisotopic (exact) mass is 593 g/mol. The number of pyridine rings is 1. The maximum absolute atomic E-state index is 13.7. The molecule has 157 valence electrons. The first-order chi connectivity index (χ1) is 15.3. The molecule has 4 aromatic carbocycles. The molecular formula is C29H19FIrN-. The Labute approximate surface area is 199 Å². The number of benzene rings is 4. The van der Waals surface area contributed by atoms with Crippen LogP contribution in [0.3, 0.4) is 0 Å². The fourth-order valence-corrected chi connectivity index (χ4v) is 5.63. The molecule has 3 heteroatoms. The Kier molecular flexibility index (Phi) is 4.54. The third kappa shape index (κ3) is 2.81. The Morgan fingerprint density at radius 1 is 0.719 bits per heavy atom. The largest absolute Gasteiger partial charge is 0.304 e.